The molecule has 2 unspecified atom stereocenters. The van der Waals surface area contributed by atoms with E-state index in [1.807, 2.05) is 24.3 Å². The van der Waals surface area contributed by atoms with Crippen molar-refractivity contribution in [1.82, 2.24) is 0 Å². The molecule has 2 fully saturated rings. The normalized spacial score (nSPS) is 30.2. The summed E-state index contributed by atoms with van der Waals surface area (Å²) in [5.41, 5.74) is 0.0301. The molecule has 1 aromatic rings. The molecule has 2 atom stereocenters. The van der Waals surface area contributed by atoms with E-state index in [2.05, 4.69) is 0 Å². The lowest BCUT2D eigenvalue weighted by atomic mass is 9.62. The summed E-state index contributed by atoms with van der Waals surface area (Å²) in [4.78, 5) is 0. The largest absolute Gasteiger partial charge is 0.490 e. The van der Waals surface area contributed by atoms with Gasteiger partial charge in [0.2, 0.25) is 0 Å². The monoisotopic (exact) mass is 252 g/mol. The first-order chi connectivity index (χ1) is 8.21. The fourth-order valence-electron chi connectivity index (χ4n) is 3.28. The Labute approximate surface area is 107 Å². The summed E-state index contributed by atoms with van der Waals surface area (Å²) in [6, 6.07) is 7.51. The van der Waals surface area contributed by atoms with E-state index in [4.69, 9.17) is 16.3 Å². The van der Waals surface area contributed by atoms with Crippen LogP contribution in [0.4, 0.5) is 0 Å². The van der Waals surface area contributed by atoms with Crippen molar-refractivity contribution in [2.75, 3.05) is 0 Å². The van der Waals surface area contributed by atoms with Crippen LogP contribution >= 0.6 is 11.6 Å². The first-order valence-electron chi connectivity index (χ1n) is 6.31. The summed E-state index contributed by atoms with van der Waals surface area (Å²) in [6.07, 6.45) is 5.37. The smallest absolute Gasteiger partial charge is 0.121 e. The Kier molecular flexibility index (Phi) is 2.80. The Balaban J connectivity index is 1.74. The molecule has 2 nitrogen and oxygen atoms in total. The van der Waals surface area contributed by atoms with Gasteiger partial charge in [0.25, 0.3) is 0 Å². The van der Waals surface area contributed by atoms with Gasteiger partial charge in [0, 0.05) is 16.9 Å². The molecule has 0 saturated heterocycles. The average molecular weight is 253 g/mol. The Bertz CT molecular complexity index is 412. The SMILES string of the molecule is OC1CC(Oc2cccc(Cl)c2)C12CCCC2. The Morgan fingerprint density at radius 1 is 1.29 bits per heavy atom. The van der Waals surface area contributed by atoms with Gasteiger partial charge in [0.1, 0.15) is 11.9 Å². The minimum absolute atomic E-state index is 0.0301. The Hall–Kier alpha value is -0.730. The molecule has 1 spiro atoms. The van der Waals surface area contributed by atoms with Crippen molar-refractivity contribution in [2.24, 2.45) is 5.41 Å². The van der Waals surface area contributed by atoms with E-state index in [0.29, 0.717) is 5.02 Å². The highest BCUT2D eigenvalue weighted by molar-refractivity contribution is 6.30. The van der Waals surface area contributed by atoms with Gasteiger partial charge in [0.05, 0.1) is 6.10 Å². The van der Waals surface area contributed by atoms with Gasteiger partial charge in [-0.2, -0.15) is 0 Å². The molecule has 3 rings (SSSR count). The van der Waals surface area contributed by atoms with Gasteiger partial charge in [-0.15, -0.1) is 0 Å². The standard InChI is InChI=1S/C14H17ClO2/c15-10-4-3-5-11(8-10)17-13-9-12(16)14(13)6-1-2-7-14/h3-5,8,12-13,16H,1-2,6-7,9H2. The molecule has 0 radical (unpaired) electrons. The van der Waals surface area contributed by atoms with Crippen molar-refractivity contribution in [1.29, 1.82) is 0 Å². The zero-order valence-electron chi connectivity index (χ0n) is 9.73. The van der Waals surface area contributed by atoms with E-state index >= 15 is 0 Å². The van der Waals surface area contributed by atoms with Crippen molar-refractivity contribution < 1.29 is 9.84 Å². The number of aliphatic hydroxyl groups excluding tert-OH is 1. The maximum Gasteiger partial charge on any atom is 0.121 e. The Morgan fingerprint density at radius 2 is 2.06 bits per heavy atom. The summed E-state index contributed by atoms with van der Waals surface area (Å²) in [7, 11) is 0. The molecule has 1 aromatic carbocycles. The van der Waals surface area contributed by atoms with Crippen molar-refractivity contribution in [2.45, 2.75) is 44.3 Å². The van der Waals surface area contributed by atoms with Crippen LogP contribution in [0.5, 0.6) is 5.75 Å². The highest BCUT2D eigenvalue weighted by atomic mass is 35.5. The molecule has 0 aromatic heterocycles. The number of aliphatic hydroxyl groups is 1. The number of halogens is 1. The molecule has 92 valence electrons. The molecule has 0 amide bonds. The van der Waals surface area contributed by atoms with Crippen LogP contribution in [0, 0.1) is 5.41 Å². The van der Waals surface area contributed by atoms with Crippen LogP contribution in [0.3, 0.4) is 0 Å². The zero-order chi connectivity index (χ0) is 11.9. The lowest BCUT2D eigenvalue weighted by molar-refractivity contribution is -0.151. The average Bonchev–Trinajstić information content (AvgIpc) is 2.80. The van der Waals surface area contributed by atoms with Gasteiger partial charge in [-0.1, -0.05) is 30.5 Å². The van der Waals surface area contributed by atoms with E-state index in [9.17, 15) is 5.11 Å². The van der Waals surface area contributed by atoms with Crippen LogP contribution in [0.1, 0.15) is 32.1 Å². The summed E-state index contributed by atoms with van der Waals surface area (Å²) in [6.45, 7) is 0. The quantitative estimate of drug-likeness (QED) is 0.874. The number of benzene rings is 1. The fraction of sp³-hybridized carbons (Fsp3) is 0.571. The van der Waals surface area contributed by atoms with Gasteiger partial charge in [-0.3, -0.25) is 0 Å². The number of ether oxygens (including phenoxy) is 1. The lowest BCUT2D eigenvalue weighted by Gasteiger charge is -2.51. The number of hydrogen-bond donors (Lipinski definition) is 1. The predicted molar refractivity (Wildman–Crippen MR) is 67.4 cm³/mol. The second-order valence-electron chi connectivity index (χ2n) is 5.26. The molecule has 17 heavy (non-hydrogen) atoms. The van der Waals surface area contributed by atoms with Crippen LogP contribution in [0.15, 0.2) is 24.3 Å². The minimum atomic E-state index is -0.172. The van der Waals surface area contributed by atoms with Crippen LogP contribution < -0.4 is 4.74 Å². The van der Waals surface area contributed by atoms with Gasteiger partial charge >= 0.3 is 0 Å². The Morgan fingerprint density at radius 3 is 2.71 bits per heavy atom. The summed E-state index contributed by atoms with van der Waals surface area (Å²) >= 11 is 5.94. The third-order valence-electron chi connectivity index (χ3n) is 4.35. The molecule has 0 bridgehead atoms. The predicted octanol–water partition coefficient (Wildman–Crippen LogP) is 3.41. The molecule has 1 N–H and O–H groups in total. The second-order valence-corrected chi connectivity index (χ2v) is 5.69. The summed E-state index contributed by atoms with van der Waals surface area (Å²) in [5.74, 6) is 0.820. The first kappa shape index (κ1) is 11.4. The van der Waals surface area contributed by atoms with Crippen LogP contribution in [-0.4, -0.2) is 17.3 Å². The van der Waals surface area contributed by atoms with E-state index in [-0.39, 0.29) is 17.6 Å². The lowest BCUT2D eigenvalue weighted by Crippen LogP contribution is -2.58. The maximum atomic E-state index is 10.00. The number of hydrogen-bond acceptors (Lipinski definition) is 2. The van der Waals surface area contributed by atoms with Gasteiger partial charge in [0.15, 0.2) is 0 Å². The molecule has 2 aliphatic carbocycles. The van der Waals surface area contributed by atoms with Crippen LogP contribution in [-0.2, 0) is 0 Å². The molecular formula is C14H17ClO2. The van der Waals surface area contributed by atoms with Gasteiger partial charge in [-0.25, -0.2) is 0 Å². The maximum absolute atomic E-state index is 10.00. The molecule has 3 heteroatoms. The van der Waals surface area contributed by atoms with Crippen molar-refractivity contribution in [3.63, 3.8) is 0 Å². The molecular weight excluding hydrogens is 236 g/mol. The summed E-state index contributed by atoms with van der Waals surface area (Å²) in [5, 5.41) is 10.7. The van der Waals surface area contributed by atoms with Crippen molar-refractivity contribution >= 4 is 11.6 Å². The second kappa shape index (κ2) is 4.18. The minimum Gasteiger partial charge on any atom is -0.490 e. The van der Waals surface area contributed by atoms with E-state index in [1.165, 1.54) is 12.8 Å². The molecule has 0 heterocycles. The molecule has 0 aliphatic heterocycles. The molecule has 2 aliphatic rings. The van der Waals surface area contributed by atoms with Gasteiger partial charge in [-0.05, 0) is 31.0 Å². The third-order valence-corrected chi connectivity index (χ3v) is 4.59. The summed E-state index contributed by atoms with van der Waals surface area (Å²) < 4.78 is 5.99. The topological polar surface area (TPSA) is 29.5 Å². The number of rotatable bonds is 2. The van der Waals surface area contributed by atoms with Crippen LogP contribution in [0.25, 0.3) is 0 Å². The third kappa shape index (κ3) is 1.84. The van der Waals surface area contributed by atoms with E-state index in [0.717, 1.165) is 25.0 Å². The first-order valence-corrected chi connectivity index (χ1v) is 6.69. The van der Waals surface area contributed by atoms with E-state index in [1.54, 1.807) is 0 Å². The van der Waals surface area contributed by atoms with Crippen molar-refractivity contribution in [3.8, 4) is 5.75 Å². The van der Waals surface area contributed by atoms with Crippen LogP contribution in [0.2, 0.25) is 5.02 Å². The van der Waals surface area contributed by atoms with Crippen molar-refractivity contribution in [3.05, 3.63) is 29.3 Å². The van der Waals surface area contributed by atoms with Gasteiger partial charge < -0.3 is 9.84 Å². The highest BCUT2D eigenvalue weighted by Gasteiger charge is 2.57. The zero-order valence-corrected chi connectivity index (χ0v) is 10.5. The fourth-order valence-corrected chi connectivity index (χ4v) is 3.47. The molecule has 2 saturated carbocycles. The highest BCUT2D eigenvalue weighted by Crippen LogP contribution is 2.54. The van der Waals surface area contributed by atoms with E-state index < -0.39 is 0 Å².